The molecule has 0 atom stereocenters. The Balaban J connectivity index is 1.49. The van der Waals surface area contributed by atoms with E-state index in [1.165, 1.54) is 17.4 Å². The number of benzene rings is 1. The minimum Gasteiger partial charge on any atom is -0.478 e. The van der Waals surface area contributed by atoms with Gasteiger partial charge >= 0.3 is 5.97 Å². The Hall–Kier alpha value is -3.49. The molecule has 0 aliphatic heterocycles. The number of aryl methyl sites for hydroxylation is 1. The van der Waals surface area contributed by atoms with Crippen molar-refractivity contribution in [1.29, 1.82) is 0 Å². The second-order valence-corrected chi connectivity index (χ2v) is 8.64. The van der Waals surface area contributed by atoms with E-state index in [4.69, 9.17) is 16.7 Å². The van der Waals surface area contributed by atoms with E-state index in [1.807, 2.05) is 49.2 Å². The van der Waals surface area contributed by atoms with Crippen molar-refractivity contribution in [2.45, 2.75) is 13.5 Å². The van der Waals surface area contributed by atoms with Gasteiger partial charge in [0, 0.05) is 31.0 Å². The highest BCUT2D eigenvalue weighted by Gasteiger charge is 2.13. The zero-order valence-corrected chi connectivity index (χ0v) is 19.0. The summed E-state index contributed by atoms with van der Waals surface area (Å²) in [5.41, 5.74) is 2.92. The van der Waals surface area contributed by atoms with Gasteiger partial charge in [0.25, 0.3) is 0 Å². The smallest absolute Gasteiger partial charge is 0.335 e. The fourth-order valence-corrected chi connectivity index (χ4v) is 4.16. The summed E-state index contributed by atoms with van der Waals surface area (Å²) in [4.78, 5) is 27.5. The number of carbonyl (C=O) groups is 1. The first-order valence-electron chi connectivity index (χ1n) is 9.75. The van der Waals surface area contributed by atoms with Crippen LogP contribution in [0.3, 0.4) is 0 Å². The van der Waals surface area contributed by atoms with Crippen molar-refractivity contribution in [2.75, 3.05) is 17.3 Å². The zero-order chi connectivity index (χ0) is 22.7. The van der Waals surface area contributed by atoms with E-state index in [0.717, 1.165) is 32.6 Å². The standard InChI is InChI=1S/C23H20ClN5O2S/c1-14-8-9-25-21(10-14)28-20-5-3-4-18(27-20)19-12-26-23(32-19)29(2)13-16-7-6-15(22(30)31)11-17(16)24/h3-12H,13H2,1-2H3,(H,30,31)(H,25,27,28). The molecule has 0 spiro atoms. The second-order valence-electron chi connectivity index (χ2n) is 7.23. The molecule has 0 saturated heterocycles. The van der Waals surface area contributed by atoms with Gasteiger partial charge in [0.05, 0.1) is 16.1 Å². The van der Waals surface area contributed by atoms with E-state index < -0.39 is 5.97 Å². The number of nitrogens with one attached hydrogen (secondary N) is 1. The molecule has 4 rings (SSSR count). The fraction of sp³-hybridized carbons (Fsp3) is 0.130. The summed E-state index contributed by atoms with van der Waals surface area (Å²) in [6, 6.07) is 14.4. The molecule has 9 heteroatoms. The number of pyridine rings is 2. The molecule has 2 N–H and O–H groups in total. The number of rotatable bonds is 7. The van der Waals surface area contributed by atoms with Crippen LogP contribution in [0.4, 0.5) is 16.8 Å². The van der Waals surface area contributed by atoms with Crippen molar-refractivity contribution in [3.8, 4) is 10.6 Å². The molecule has 0 bridgehead atoms. The molecule has 4 aromatic rings. The number of halogens is 1. The number of hydrogen-bond donors (Lipinski definition) is 2. The van der Waals surface area contributed by atoms with Gasteiger partial charge in [-0.25, -0.2) is 19.7 Å². The van der Waals surface area contributed by atoms with Gasteiger partial charge in [-0.3, -0.25) is 0 Å². The zero-order valence-electron chi connectivity index (χ0n) is 17.4. The van der Waals surface area contributed by atoms with Crippen LogP contribution in [0.1, 0.15) is 21.5 Å². The van der Waals surface area contributed by atoms with Crippen molar-refractivity contribution < 1.29 is 9.90 Å². The van der Waals surface area contributed by atoms with Crippen LogP contribution in [0.5, 0.6) is 0 Å². The predicted octanol–water partition coefficient (Wildman–Crippen LogP) is 5.64. The number of carboxylic acids is 1. The van der Waals surface area contributed by atoms with Crippen LogP contribution in [0.15, 0.2) is 60.9 Å². The SMILES string of the molecule is Cc1ccnc(Nc2cccc(-c3cnc(N(C)Cc4ccc(C(=O)O)cc4Cl)s3)n2)c1. The summed E-state index contributed by atoms with van der Waals surface area (Å²) in [6.45, 7) is 2.51. The van der Waals surface area contributed by atoms with E-state index >= 15 is 0 Å². The van der Waals surface area contributed by atoms with Gasteiger partial charge in [-0.15, -0.1) is 0 Å². The molecule has 0 unspecified atom stereocenters. The Morgan fingerprint density at radius 3 is 2.75 bits per heavy atom. The van der Waals surface area contributed by atoms with Crippen LogP contribution in [0.25, 0.3) is 10.6 Å². The van der Waals surface area contributed by atoms with Gasteiger partial charge in [0.1, 0.15) is 11.6 Å². The maximum absolute atomic E-state index is 11.1. The Kier molecular flexibility index (Phi) is 6.34. The molecule has 0 fully saturated rings. The minimum absolute atomic E-state index is 0.165. The van der Waals surface area contributed by atoms with Crippen molar-refractivity contribution in [1.82, 2.24) is 15.0 Å². The van der Waals surface area contributed by atoms with E-state index in [0.29, 0.717) is 17.4 Å². The lowest BCUT2D eigenvalue weighted by Gasteiger charge is -2.16. The van der Waals surface area contributed by atoms with Crippen LogP contribution < -0.4 is 10.2 Å². The van der Waals surface area contributed by atoms with Gasteiger partial charge in [-0.2, -0.15) is 0 Å². The topological polar surface area (TPSA) is 91.2 Å². The maximum atomic E-state index is 11.1. The highest BCUT2D eigenvalue weighted by atomic mass is 35.5. The third-order valence-corrected chi connectivity index (χ3v) is 6.19. The quantitative estimate of drug-likeness (QED) is 0.365. The highest BCUT2D eigenvalue weighted by molar-refractivity contribution is 7.18. The van der Waals surface area contributed by atoms with E-state index in [-0.39, 0.29) is 5.56 Å². The number of thiazole rings is 1. The molecule has 162 valence electrons. The normalized spacial score (nSPS) is 10.7. The van der Waals surface area contributed by atoms with Crippen LogP contribution in [-0.4, -0.2) is 33.1 Å². The molecule has 0 amide bonds. The first-order valence-corrected chi connectivity index (χ1v) is 10.9. The summed E-state index contributed by atoms with van der Waals surface area (Å²) < 4.78 is 0. The third kappa shape index (κ3) is 5.04. The Bertz CT molecular complexity index is 1280. The molecular weight excluding hydrogens is 446 g/mol. The minimum atomic E-state index is -1.00. The van der Waals surface area contributed by atoms with Gasteiger partial charge in [-0.05, 0) is 54.4 Å². The van der Waals surface area contributed by atoms with Crippen molar-refractivity contribution in [3.05, 3.63) is 82.6 Å². The van der Waals surface area contributed by atoms with Crippen LogP contribution in [0.2, 0.25) is 5.02 Å². The Labute approximate surface area is 194 Å². The number of carboxylic acid groups (broad SMARTS) is 1. The van der Waals surface area contributed by atoms with Gasteiger partial charge in [0.15, 0.2) is 5.13 Å². The molecule has 3 heterocycles. The first kappa shape index (κ1) is 21.7. The second kappa shape index (κ2) is 9.33. The van der Waals surface area contributed by atoms with Crippen LogP contribution in [0, 0.1) is 6.92 Å². The number of aromatic carboxylic acids is 1. The average Bonchev–Trinajstić information content (AvgIpc) is 3.26. The summed E-state index contributed by atoms with van der Waals surface area (Å²) in [5, 5.41) is 13.5. The first-order chi connectivity index (χ1) is 15.4. The lowest BCUT2D eigenvalue weighted by Crippen LogP contribution is -2.16. The lowest BCUT2D eigenvalue weighted by molar-refractivity contribution is 0.0697. The molecule has 1 aromatic carbocycles. The average molecular weight is 466 g/mol. The number of anilines is 3. The number of hydrogen-bond acceptors (Lipinski definition) is 7. The fourth-order valence-electron chi connectivity index (χ4n) is 3.07. The molecule has 0 aliphatic carbocycles. The van der Waals surface area contributed by atoms with Crippen molar-refractivity contribution >= 4 is 45.7 Å². The summed E-state index contributed by atoms with van der Waals surface area (Å²) >= 11 is 7.79. The van der Waals surface area contributed by atoms with Crippen LogP contribution in [-0.2, 0) is 6.54 Å². The monoisotopic (exact) mass is 465 g/mol. The third-order valence-electron chi connectivity index (χ3n) is 4.70. The molecule has 0 saturated carbocycles. The molecule has 0 aliphatic rings. The highest BCUT2D eigenvalue weighted by Crippen LogP contribution is 2.31. The van der Waals surface area contributed by atoms with Gasteiger partial charge < -0.3 is 15.3 Å². The largest absolute Gasteiger partial charge is 0.478 e. The molecule has 0 radical (unpaired) electrons. The lowest BCUT2D eigenvalue weighted by atomic mass is 10.1. The molecular formula is C23H20ClN5O2S. The van der Waals surface area contributed by atoms with Crippen molar-refractivity contribution in [3.63, 3.8) is 0 Å². The summed E-state index contributed by atoms with van der Waals surface area (Å²) in [7, 11) is 1.92. The van der Waals surface area contributed by atoms with E-state index in [1.54, 1.807) is 24.5 Å². The van der Waals surface area contributed by atoms with Crippen LogP contribution >= 0.6 is 22.9 Å². The molecule has 7 nitrogen and oxygen atoms in total. The Morgan fingerprint density at radius 1 is 1.16 bits per heavy atom. The van der Waals surface area contributed by atoms with Gasteiger partial charge in [-0.1, -0.05) is 35.1 Å². The molecule has 3 aromatic heterocycles. The summed E-state index contributed by atoms with van der Waals surface area (Å²) in [6.07, 6.45) is 3.55. The maximum Gasteiger partial charge on any atom is 0.335 e. The molecule has 32 heavy (non-hydrogen) atoms. The van der Waals surface area contributed by atoms with E-state index in [2.05, 4.69) is 20.3 Å². The van der Waals surface area contributed by atoms with E-state index in [9.17, 15) is 4.79 Å². The number of nitrogens with zero attached hydrogens (tertiary/aromatic N) is 4. The summed E-state index contributed by atoms with van der Waals surface area (Å²) in [5.74, 6) is 0.443. The van der Waals surface area contributed by atoms with Gasteiger partial charge in [0.2, 0.25) is 0 Å². The number of aromatic nitrogens is 3. The van der Waals surface area contributed by atoms with Crippen molar-refractivity contribution in [2.24, 2.45) is 0 Å². The Morgan fingerprint density at radius 2 is 2.00 bits per heavy atom. The predicted molar refractivity (Wildman–Crippen MR) is 128 cm³/mol.